The van der Waals surface area contributed by atoms with Crippen molar-refractivity contribution in [2.24, 2.45) is 5.73 Å². The number of thiazole rings is 1. The second kappa shape index (κ2) is 9.52. The van der Waals surface area contributed by atoms with Gasteiger partial charge in [-0.05, 0) is 36.4 Å². The van der Waals surface area contributed by atoms with E-state index in [4.69, 9.17) is 10.5 Å². The number of carbonyl (C=O) groups excluding carboxylic acids is 3. The average Bonchev–Trinajstić information content (AvgIpc) is 3.15. The minimum absolute atomic E-state index is 0.0316. The van der Waals surface area contributed by atoms with Crippen molar-refractivity contribution in [3.05, 3.63) is 65.2 Å². The summed E-state index contributed by atoms with van der Waals surface area (Å²) in [4.78, 5) is 39.7. The molecule has 0 aliphatic carbocycles. The molecular formula is C20H19N5O4S. The van der Waals surface area contributed by atoms with Gasteiger partial charge in [-0.15, -0.1) is 11.3 Å². The molecule has 1 aromatic heterocycles. The molecule has 0 aliphatic heterocycles. The molecule has 0 bridgehead atoms. The first-order valence-corrected chi connectivity index (χ1v) is 9.67. The van der Waals surface area contributed by atoms with E-state index in [2.05, 4.69) is 20.9 Å². The van der Waals surface area contributed by atoms with E-state index in [9.17, 15) is 14.4 Å². The summed E-state index contributed by atoms with van der Waals surface area (Å²) in [5.74, 6) is -0.282. The Bertz CT molecular complexity index is 1070. The fourth-order valence-corrected chi connectivity index (χ4v) is 3.24. The van der Waals surface area contributed by atoms with E-state index in [1.807, 2.05) is 0 Å². The van der Waals surface area contributed by atoms with Gasteiger partial charge in [0, 0.05) is 16.6 Å². The highest BCUT2D eigenvalue weighted by molar-refractivity contribution is 7.14. The first-order chi connectivity index (χ1) is 14.4. The molecule has 0 radical (unpaired) electrons. The minimum Gasteiger partial charge on any atom is -0.495 e. The summed E-state index contributed by atoms with van der Waals surface area (Å²) in [6, 6.07) is 12.8. The molecule has 10 heteroatoms. The highest BCUT2D eigenvalue weighted by Gasteiger charge is 2.12. The first kappa shape index (κ1) is 20.8. The number of nitrogens with zero attached hydrogens (tertiary/aromatic N) is 1. The maximum absolute atomic E-state index is 12.2. The number of urea groups is 1. The lowest BCUT2D eigenvalue weighted by Crippen LogP contribution is -2.20. The van der Waals surface area contributed by atoms with Crippen LogP contribution in [0.3, 0.4) is 0 Å². The van der Waals surface area contributed by atoms with Crippen molar-refractivity contribution in [3.63, 3.8) is 0 Å². The summed E-state index contributed by atoms with van der Waals surface area (Å²) in [6.45, 7) is 0. The Labute approximate surface area is 176 Å². The van der Waals surface area contributed by atoms with Crippen LogP contribution in [0.15, 0.2) is 53.9 Å². The summed E-state index contributed by atoms with van der Waals surface area (Å²) >= 11 is 1.21. The van der Waals surface area contributed by atoms with E-state index < -0.39 is 11.9 Å². The van der Waals surface area contributed by atoms with Gasteiger partial charge in [0.2, 0.25) is 11.8 Å². The van der Waals surface area contributed by atoms with E-state index in [-0.39, 0.29) is 12.3 Å². The van der Waals surface area contributed by atoms with Gasteiger partial charge in [-0.3, -0.25) is 14.9 Å². The molecule has 4 amide bonds. The Balaban J connectivity index is 1.53. The van der Waals surface area contributed by atoms with Gasteiger partial charge >= 0.3 is 6.03 Å². The van der Waals surface area contributed by atoms with Crippen LogP contribution in [0.2, 0.25) is 0 Å². The standard InChI is InChI=1S/C20H19N5O4S/c1-29-16-5-3-2-4-15(16)24-19(28)25-20-23-14(11-30-20)10-17(26)22-13-8-6-12(7-9-13)18(21)27/h2-9,11H,10H2,1H3,(H2,21,27)(H,22,26)(H2,23,24,25,28). The van der Waals surface area contributed by atoms with Gasteiger partial charge in [0.25, 0.3) is 0 Å². The molecule has 30 heavy (non-hydrogen) atoms. The van der Waals surface area contributed by atoms with E-state index in [0.29, 0.717) is 33.5 Å². The van der Waals surface area contributed by atoms with Crippen molar-refractivity contribution >= 4 is 45.7 Å². The predicted molar refractivity (Wildman–Crippen MR) is 115 cm³/mol. The number of primary amides is 1. The Hall–Kier alpha value is -3.92. The normalized spacial score (nSPS) is 10.2. The van der Waals surface area contributed by atoms with E-state index in [0.717, 1.165) is 0 Å². The maximum atomic E-state index is 12.2. The number of para-hydroxylation sites is 2. The largest absolute Gasteiger partial charge is 0.495 e. The lowest BCUT2D eigenvalue weighted by Gasteiger charge is -2.09. The Morgan fingerprint density at radius 2 is 1.77 bits per heavy atom. The number of amides is 4. The molecule has 1 heterocycles. The zero-order valence-corrected chi connectivity index (χ0v) is 16.8. The topological polar surface area (TPSA) is 135 Å². The van der Waals surface area contributed by atoms with Gasteiger partial charge in [0.1, 0.15) is 5.75 Å². The first-order valence-electron chi connectivity index (χ1n) is 8.79. The van der Waals surface area contributed by atoms with Gasteiger partial charge in [-0.25, -0.2) is 9.78 Å². The fourth-order valence-electron chi connectivity index (χ4n) is 2.53. The van der Waals surface area contributed by atoms with Gasteiger partial charge < -0.3 is 21.1 Å². The number of rotatable bonds is 7. The number of anilines is 3. The molecule has 5 N–H and O–H groups in total. The van der Waals surface area contributed by atoms with Crippen LogP contribution in [-0.2, 0) is 11.2 Å². The number of hydrogen-bond donors (Lipinski definition) is 4. The number of nitrogens with one attached hydrogen (secondary N) is 3. The van der Waals surface area contributed by atoms with Crippen LogP contribution in [0, 0.1) is 0 Å². The van der Waals surface area contributed by atoms with Crippen LogP contribution in [0.25, 0.3) is 0 Å². The molecule has 0 fully saturated rings. The number of ether oxygens (including phenoxy) is 1. The molecular weight excluding hydrogens is 406 g/mol. The predicted octanol–water partition coefficient (Wildman–Crippen LogP) is 3.08. The van der Waals surface area contributed by atoms with Crippen molar-refractivity contribution in [2.75, 3.05) is 23.1 Å². The average molecular weight is 425 g/mol. The Kier molecular flexibility index (Phi) is 6.60. The highest BCUT2D eigenvalue weighted by Crippen LogP contribution is 2.23. The molecule has 9 nitrogen and oxygen atoms in total. The lowest BCUT2D eigenvalue weighted by molar-refractivity contribution is -0.115. The second-order valence-electron chi connectivity index (χ2n) is 6.09. The number of hydrogen-bond acceptors (Lipinski definition) is 6. The molecule has 3 rings (SSSR count). The molecule has 2 aromatic carbocycles. The molecule has 0 saturated heterocycles. The van der Waals surface area contributed by atoms with E-state index in [1.165, 1.54) is 30.6 Å². The van der Waals surface area contributed by atoms with Gasteiger partial charge in [-0.1, -0.05) is 12.1 Å². The van der Waals surface area contributed by atoms with Crippen molar-refractivity contribution in [2.45, 2.75) is 6.42 Å². The summed E-state index contributed by atoms with van der Waals surface area (Å²) in [6.07, 6.45) is 0.0316. The van der Waals surface area contributed by atoms with Crippen molar-refractivity contribution < 1.29 is 19.1 Å². The maximum Gasteiger partial charge on any atom is 0.325 e. The number of methoxy groups -OCH3 is 1. The van der Waals surface area contributed by atoms with Crippen LogP contribution < -0.4 is 26.4 Å². The van der Waals surface area contributed by atoms with Crippen molar-refractivity contribution in [1.82, 2.24) is 4.98 Å². The molecule has 3 aromatic rings. The minimum atomic E-state index is -0.537. The van der Waals surface area contributed by atoms with Crippen LogP contribution in [0.5, 0.6) is 5.75 Å². The summed E-state index contributed by atoms with van der Waals surface area (Å²) in [5, 5.41) is 10.1. The number of carbonyl (C=O) groups is 3. The molecule has 0 atom stereocenters. The number of nitrogens with two attached hydrogens (primary N) is 1. The molecule has 0 aliphatic rings. The second-order valence-corrected chi connectivity index (χ2v) is 6.95. The summed E-state index contributed by atoms with van der Waals surface area (Å²) in [5.41, 5.74) is 7.12. The summed E-state index contributed by atoms with van der Waals surface area (Å²) < 4.78 is 5.19. The monoisotopic (exact) mass is 425 g/mol. The van der Waals surface area contributed by atoms with E-state index >= 15 is 0 Å². The third-order valence-electron chi connectivity index (χ3n) is 3.92. The Morgan fingerprint density at radius 1 is 1.03 bits per heavy atom. The zero-order valence-electron chi connectivity index (χ0n) is 16.0. The molecule has 0 unspecified atom stereocenters. The quantitative estimate of drug-likeness (QED) is 0.461. The molecule has 154 valence electrons. The lowest BCUT2D eigenvalue weighted by atomic mass is 10.2. The summed E-state index contributed by atoms with van der Waals surface area (Å²) in [7, 11) is 1.52. The zero-order chi connectivity index (χ0) is 21.5. The van der Waals surface area contributed by atoms with Gasteiger partial charge in [0.15, 0.2) is 5.13 Å². The Morgan fingerprint density at radius 3 is 2.47 bits per heavy atom. The fraction of sp³-hybridized carbons (Fsp3) is 0.100. The molecule has 0 spiro atoms. The number of benzene rings is 2. The molecule has 0 saturated carbocycles. The van der Waals surface area contributed by atoms with Crippen LogP contribution in [-0.4, -0.2) is 29.9 Å². The SMILES string of the molecule is COc1ccccc1NC(=O)Nc1nc(CC(=O)Nc2ccc(C(N)=O)cc2)cs1. The van der Waals surface area contributed by atoms with Crippen molar-refractivity contribution in [3.8, 4) is 5.75 Å². The van der Waals surface area contributed by atoms with Crippen LogP contribution >= 0.6 is 11.3 Å². The number of aromatic nitrogens is 1. The highest BCUT2D eigenvalue weighted by atomic mass is 32.1. The third kappa shape index (κ3) is 5.55. The van der Waals surface area contributed by atoms with Gasteiger partial charge in [0.05, 0.1) is 24.9 Å². The van der Waals surface area contributed by atoms with Crippen molar-refractivity contribution in [1.29, 1.82) is 0 Å². The smallest absolute Gasteiger partial charge is 0.325 e. The van der Waals surface area contributed by atoms with Crippen LogP contribution in [0.4, 0.5) is 21.3 Å². The van der Waals surface area contributed by atoms with Crippen LogP contribution in [0.1, 0.15) is 16.1 Å². The van der Waals surface area contributed by atoms with Gasteiger partial charge in [-0.2, -0.15) is 0 Å². The van der Waals surface area contributed by atoms with E-state index in [1.54, 1.807) is 41.8 Å². The third-order valence-corrected chi connectivity index (χ3v) is 4.73.